The maximum Gasteiger partial charge on any atom is 0.273 e. The Balaban J connectivity index is 1.46. The van der Waals surface area contributed by atoms with Crippen molar-refractivity contribution in [3.8, 4) is 17.0 Å². The molecule has 4 rings (SSSR count). The summed E-state index contributed by atoms with van der Waals surface area (Å²) in [5, 5.41) is 19.7. The highest BCUT2D eigenvalue weighted by molar-refractivity contribution is 7.92. The van der Waals surface area contributed by atoms with Gasteiger partial charge in [-0.1, -0.05) is 11.6 Å². The molecule has 2 heterocycles. The van der Waals surface area contributed by atoms with E-state index in [-0.39, 0.29) is 22.3 Å². The number of hydrogen-bond acceptors (Lipinski definition) is 7. The lowest BCUT2D eigenvalue weighted by Gasteiger charge is -2.08. The van der Waals surface area contributed by atoms with Gasteiger partial charge in [-0.05, 0) is 61.5 Å². The molecule has 2 aromatic carbocycles. The summed E-state index contributed by atoms with van der Waals surface area (Å²) in [7, 11) is -3.90. The van der Waals surface area contributed by atoms with E-state index >= 15 is 0 Å². The number of benzene rings is 2. The highest BCUT2D eigenvalue weighted by Gasteiger charge is 2.17. The molecule has 0 aliphatic heterocycles. The second kappa shape index (κ2) is 8.88. The number of sulfonamides is 1. The average molecular weight is 485 g/mol. The number of amides is 1. The highest BCUT2D eigenvalue weighted by atomic mass is 35.5. The summed E-state index contributed by atoms with van der Waals surface area (Å²) in [6, 6.07) is 13.2. The van der Waals surface area contributed by atoms with Crippen LogP contribution in [0.4, 0.5) is 11.6 Å². The average Bonchev–Trinajstić information content (AvgIpc) is 3.26. The van der Waals surface area contributed by atoms with Crippen LogP contribution in [0.1, 0.15) is 16.2 Å². The zero-order valence-electron chi connectivity index (χ0n) is 17.1. The number of aryl methyl sites for hydroxylation is 1. The molecular weight excluding hydrogens is 468 g/mol. The smallest absolute Gasteiger partial charge is 0.273 e. The zero-order valence-corrected chi connectivity index (χ0v) is 18.6. The van der Waals surface area contributed by atoms with Gasteiger partial charge in [0.2, 0.25) is 5.95 Å². The normalized spacial score (nSPS) is 11.2. The number of carbonyl (C=O) groups is 1. The largest absolute Gasteiger partial charge is 0.507 e. The first kappa shape index (κ1) is 22.2. The Kier molecular flexibility index (Phi) is 5.99. The molecule has 33 heavy (non-hydrogen) atoms. The Hall–Kier alpha value is -3.96. The Morgan fingerprint density at radius 2 is 1.85 bits per heavy atom. The highest BCUT2D eigenvalue weighted by Crippen LogP contribution is 2.30. The van der Waals surface area contributed by atoms with Crippen molar-refractivity contribution in [1.82, 2.24) is 20.2 Å². The number of halogens is 1. The van der Waals surface area contributed by atoms with E-state index in [9.17, 15) is 18.3 Å². The Morgan fingerprint density at radius 3 is 2.58 bits per heavy atom. The molecule has 0 aliphatic carbocycles. The summed E-state index contributed by atoms with van der Waals surface area (Å²) >= 11 is 5.96. The predicted molar refractivity (Wildman–Crippen MR) is 123 cm³/mol. The van der Waals surface area contributed by atoms with E-state index < -0.39 is 15.9 Å². The van der Waals surface area contributed by atoms with E-state index in [0.717, 1.165) is 0 Å². The number of hydrogen-bond donors (Lipinski definition) is 4. The van der Waals surface area contributed by atoms with E-state index in [1.807, 2.05) is 0 Å². The minimum atomic E-state index is -3.90. The Labute approximate surface area is 193 Å². The van der Waals surface area contributed by atoms with Gasteiger partial charge in [0.25, 0.3) is 15.9 Å². The Bertz CT molecular complexity index is 1440. The van der Waals surface area contributed by atoms with E-state index in [2.05, 4.69) is 30.2 Å². The lowest BCUT2D eigenvalue weighted by atomic mass is 10.1. The summed E-state index contributed by atoms with van der Waals surface area (Å²) < 4.78 is 27.4. The summed E-state index contributed by atoms with van der Waals surface area (Å²) in [6.45, 7) is 1.72. The lowest BCUT2D eigenvalue weighted by molar-refractivity contribution is 0.102. The van der Waals surface area contributed by atoms with Gasteiger partial charge in [0, 0.05) is 28.2 Å². The van der Waals surface area contributed by atoms with Crippen LogP contribution in [0.25, 0.3) is 11.3 Å². The molecule has 0 saturated heterocycles. The van der Waals surface area contributed by atoms with Crippen molar-refractivity contribution < 1.29 is 18.3 Å². The Morgan fingerprint density at radius 1 is 1.09 bits per heavy atom. The van der Waals surface area contributed by atoms with Crippen molar-refractivity contribution in [2.24, 2.45) is 0 Å². The van der Waals surface area contributed by atoms with Gasteiger partial charge in [0.1, 0.15) is 11.4 Å². The predicted octanol–water partition coefficient (Wildman–Crippen LogP) is 3.59. The number of phenols is 1. The fourth-order valence-corrected chi connectivity index (χ4v) is 4.01. The van der Waals surface area contributed by atoms with E-state index in [0.29, 0.717) is 27.7 Å². The molecule has 0 radical (unpaired) electrons. The van der Waals surface area contributed by atoms with Crippen LogP contribution in [0, 0.1) is 6.92 Å². The first-order valence-electron chi connectivity index (χ1n) is 9.49. The molecule has 0 spiro atoms. The molecule has 1 amide bonds. The molecule has 0 bridgehead atoms. The van der Waals surface area contributed by atoms with Crippen LogP contribution in [-0.4, -0.2) is 39.6 Å². The van der Waals surface area contributed by atoms with Gasteiger partial charge in [-0.25, -0.2) is 23.1 Å². The second-order valence-electron chi connectivity index (χ2n) is 6.93. The lowest BCUT2D eigenvalue weighted by Crippen LogP contribution is -2.16. The molecule has 10 nitrogen and oxygen atoms in total. The standard InChI is InChI=1S/C21H17ClN6O4S/c1-12-8-9-23-21(24-12)28-33(31,32)15-5-3-14(4-6-15)25-20(30)18-11-17(26-27-18)16-10-13(22)2-7-19(16)29/h2-11,29H,1H3,(H,25,30)(H,26,27)(H,23,24,28). The van der Waals surface area contributed by atoms with Gasteiger partial charge in [-0.15, -0.1) is 0 Å². The van der Waals surface area contributed by atoms with Crippen LogP contribution in [0.5, 0.6) is 5.75 Å². The fraction of sp³-hybridized carbons (Fsp3) is 0.0476. The first-order valence-corrected chi connectivity index (χ1v) is 11.4. The van der Waals surface area contributed by atoms with Gasteiger partial charge in [-0.2, -0.15) is 5.10 Å². The van der Waals surface area contributed by atoms with Crippen LogP contribution in [0.15, 0.2) is 65.7 Å². The number of phenolic OH excluding ortho intramolecular Hbond substituents is 1. The quantitative estimate of drug-likeness (QED) is 0.326. The molecular formula is C21H17ClN6O4S. The third kappa shape index (κ3) is 5.10. The van der Waals surface area contributed by atoms with Gasteiger partial charge in [0.15, 0.2) is 0 Å². The third-order valence-corrected chi connectivity index (χ3v) is 6.08. The second-order valence-corrected chi connectivity index (χ2v) is 9.05. The minimum absolute atomic E-state index is 0.0223. The minimum Gasteiger partial charge on any atom is -0.507 e. The molecule has 0 saturated carbocycles. The van der Waals surface area contributed by atoms with Crippen LogP contribution < -0.4 is 10.0 Å². The molecule has 0 unspecified atom stereocenters. The number of nitrogens with zero attached hydrogens (tertiary/aromatic N) is 3. The number of nitrogens with one attached hydrogen (secondary N) is 3. The number of H-pyrrole nitrogens is 1. The number of aromatic hydroxyl groups is 1. The number of rotatable bonds is 6. The summed E-state index contributed by atoms with van der Waals surface area (Å²) in [4.78, 5) is 20.4. The van der Waals surface area contributed by atoms with Crippen molar-refractivity contribution in [3.63, 3.8) is 0 Å². The molecule has 0 fully saturated rings. The van der Waals surface area contributed by atoms with Crippen molar-refractivity contribution >= 4 is 39.2 Å². The number of carbonyl (C=O) groups excluding carboxylic acids is 1. The van der Waals surface area contributed by atoms with E-state index in [4.69, 9.17) is 11.6 Å². The summed E-state index contributed by atoms with van der Waals surface area (Å²) in [6.07, 6.45) is 1.45. The van der Waals surface area contributed by atoms with Crippen LogP contribution in [0.3, 0.4) is 0 Å². The number of aromatic amines is 1. The molecule has 0 atom stereocenters. The van der Waals surface area contributed by atoms with E-state index in [1.165, 1.54) is 54.7 Å². The van der Waals surface area contributed by atoms with Crippen LogP contribution in [-0.2, 0) is 10.0 Å². The molecule has 0 aliphatic rings. The molecule has 2 aromatic heterocycles. The van der Waals surface area contributed by atoms with Gasteiger partial charge >= 0.3 is 0 Å². The molecule has 4 aromatic rings. The van der Waals surface area contributed by atoms with Gasteiger partial charge in [-0.3, -0.25) is 9.89 Å². The van der Waals surface area contributed by atoms with Crippen molar-refractivity contribution in [2.75, 3.05) is 10.0 Å². The summed E-state index contributed by atoms with van der Waals surface area (Å²) in [5.41, 5.74) is 1.84. The number of anilines is 2. The van der Waals surface area contributed by atoms with E-state index in [1.54, 1.807) is 13.0 Å². The van der Waals surface area contributed by atoms with Crippen LogP contribution >= 0.6 is 11.6 Å². The third-order valence-electron chi connectivity index (χ3n) is 4.50. The molecule has 4 N–H and O–H groups in total. The maximum absolute atomic E-state index is 12.5. The van der Waals surface area contributed by atoms with Crippen LogP contribution in [0.2, 0.25) is 5.02 Å². The van der Waals surface area contributed by atoms with Crippen molar-refractivity contribution in [3.05, 3.63) is 77.2 Å². The zero-order chi connectivity index (χ0) is 23.6. The summed E-state index contributed by atoms with van der Waals surface area (Å²) in [5.74, 6) is -0.565. The maximum atomic E-state index is 12.5. The topological polar surface area (TPSA) is 150 Å². The fourth-order valence-electron chi connectivity index (χ4n) is 2.88. The molecule has 168 valence electrons. The van der Waals surface area contributed by atoms with Crippen molar-refractivity contribution in [1.29, 1.82) is 0 Å². The SMILES string of the molecule is Cc1ccnc(NS(=O)(=O)c2ccc(NC(=O)c3cc(-c4cc(Cl)ccc4O)n[nH]3)cc2)n1. The van der Waals surface area contributed by atoms with Gasteiger partial charge < -0.3 is 10.4 Å². The first-order chi connectivity index (χ1) is 15.7. The van der Waals surface area contributed by atoms with Gasteiger partial charge in [0.05, 0.1) is 10.6 Å². The monoisotopic (exact) mass is 484 g/mol. The number of aromatic nitrogens is 4. The molecule has 12 heteroatoms. The van der Waals surface area contributed by atoms with Crippen molar-refractivity contribution in [2.45, 2.75) is 11.8 Å².